The van der Waals surface area contributed by atoms with Crippen LogP contribution in [0.2, 0.25) is 0 Å². The maximum absolute atomic E-state index is 12.1. The molecular weight excluding hydrogens is 225 g/mol. The van der Waals surface area contributed by atoms with Gasteiger partial charge in [-0.15, -0.1) is 0 Å². The van der Waals surface area contributed by atoms with Crippen LogP contribution in [0.15, 0.2) is 0 Å². The largest absolute Gasteiger partial charge is 0.471 e. The van der Waals surface area contributed by atoms with E-state index in [1.807, 2.05) is 0 Å². The molecule has 1 rings (SSSR count). The summed E-state index contributed by atoms with van der Waals surface area (Å²) in [6, 6.07) is -0.130. The number of rotatable bonds is 1. The van der Waals surface area contributed by atoms with Gasteiger partial charge in [-0.05, 0) is 12.8 Å². The number of piperidine rings is 1. The predicted molar refractivity (Wildman–Crippen MR) is 49.5 cm³/mol. The molecule has 1 aliphatic rings. The lowest BCUT2D eigenvalue weighted by atomic mass is 10.1. The molecule has 0 bridgehead atoms. The first-order chi connectivity index (χ1) is 7.30. The van der Waals surface area contributed by atoms with Gasteiger partial charge in [0.15, 0.2) is 0 Å². The molecule has 1 fully saturated rings. The van der Waals surface area contributed by atoms with E-state index < -0.39 is 12.1 Å². The van der Waals surface area contributed by atoms with Gasteiger partial charge in [0.2, 0.25) is 5.91 Å². The van der Waals surface area contributed by atoms with E-state index in [2.05, 4.69) is 5.32 Å². The van der Waals surface area contributed by atoms with Gasteiger partial charge < -0.3 is 10.2 Å². The molecule has 1 N–H and O–H groups in total. The Bertz CT molecular complexity index is 283. The smallest absolute Gasteiger partial charge is 0.353 e. The van der Waals surface area contributed by atoms with Crippen molar-refractivity contribution < 1.29 is 22.8 Å². The minimum atomic E-state index is -4.80. The third kappa shape index (κ3) is 3.39. The summed E-state index contributed by atoms with van der Waals surface area (Å²) >= 11 is 0. The van der Waals surface area contributed by atoms with Gasteiger partial charge in [-0.25, -0.2) is 0 Å². The van der Waals surface area contributed by atoms with Crippen LogP contribution in [0.4, 0.5) is 13.2 Å². The normalized spacial score (nSPS) is 18.4. The number of likely N-dealkylation sites (tertiary alicyclic amines) is 1. The molecule has 4 nitrogen and oxygen atoms in total. The highest BCUT2D eigenvalue weighted by Crippen LogP contribution is 2.21. The van der Waals surface area contributed by atoms with Crippen LogP contribution in [-0.2, 0) is 9.59 Å². The van der Waals surface area contributed by atoms with Gasteiger partial charge in [0, 0.05) is 26.1 Å². The van der Waals surface area contributed by atoms with Crippen molar-refractivity contribution >= 4 is 11.8 Å². The van der Waals surface area contributed by atoms with E-state index in [0.29, 0.717) is 12.8 Å². The van der Waals surface area contributed by atoms with Crippen LogP contribution in [-0.4, -0.2) is 42.0 Å². The molecule has 0 saturated carbocycles. The second kappa shape index (κ2) is 4.71. The molecule has 0 aromatic heterocycles. The number of carbonyl (C=O) groups is 2. The van der Waals surface area contributed by atoms with Crippen LogP contribution in [0, 0.1) is 0 Å². The molecule has 1 heterocycles. The third-order valence-electron chi connectivity index (χ3n) is 2.43. The first-order valence-corrected chi connectivity index (χ1v) is 4.94. The molecule has 92 valence electrons. The maximum Gasteiger partial charge on any atom is 0.471 e. The van der Waals surface area contributed by atoms with Gasteiger partial charge in [-0.1, -0.05) is 0 Å². The summed E-state index contributed by atoms with van der Waals surface area (Å²) in [4.78, 5) is 22.4. The van der Waals surface area contributed by atoms with Gasteiger partial charge in [-0.3, -0.25) is 9.59 Å². The standard InChI is InChI=1S/C9H13F3N2O2/c1-6(15)13-7-2-4-14(5-3-7)8(16)9(10,11)12/h7H,2-5H2,1H3,(H,13,15). The highest BCUT2D eigenvalue weighted by Gasteiger charge is 2.43. The first kappa shape index (κ1) is 12.8. The Kier molecular flexibility index (Phi) is 3.77. The quantitative estimate of drug-likeness (QED) is 0.730. The van der Waals surface area contributed by atoms with Crippen LogP contribution in [0.1, 0.15) is 19.8 Å². The van der Waals surface area contributed by atoms with Gasteiger partial charge >= 0.3 is 12.1 Å². The van der Waals surface area contributed by atoms with Crippen molar-refractivity contribution in [2.75, 3.05) is 13.1 Å². The Morgan fingerprint density at radius 1 is 1.25 bits per heavy atom. The molecule has 0 atom stereocenters. The van der Waals surface area contributed by atoms with Gasteiger partial charge in [0.25, 0.3) is 0 Å². The number of hydrogen-bond acceptors (Lipinski definition) is 2. The summed E-state index contributed by atoms with van der Waals surface area (Å²) in [5.74, 6) is -2.01. The fourth-order valence-electron chi connectivity index (χ4n) is 1.69. The van der Waals surface area contributed by atoms with Crippen LogP contribution >= 0.6 is 0 Å². The van der Waals surface area contributed by atoms with Crippen molar-refractivity contribution in [3.05, 3.63) is 0 Å². The fourth-order valence-corrected chi connectivity index (χ4v) is 1.69. The third-order valence-corrected chi connectivity index (χ3v) is 2.43. The second-order valence-corrected chi connectivity index (χ2v) is 3.76. The van der Waals surface area contributed by atoms with E-state index in [1.54, 1.807) is 0 Å². The maximum atomic E-state index is 12.1. The van der Waals surface area contributed by atoms with E-state index >= 15 is 0 Å². The summed E-state index contributed by atoms with van der Waals surface area (Å²) in [5.41, 5.74) is 0. The van der Waals surface area contributed by atoms with Crippen molar-refractivity contribution in [1.82, 2.24) is 10.2 Å². The molecule has 1 saturated heterocycles. The van der Waals surface area contributed by atoms with Gasteiger partial charge in [0.05, 0.1) is 0 Å². The fraction of sp³-hybridized carbons (Fsp3) is 0.778. The summed E-state index contributed by atoms with van der Waals surface area (Å²) in [7, 11) is 0. The zero-order valence-electron chi connectivity index (χ0n) is 8.80. The Balaban J connectivity index is 2.43. The van der Waals surface area contributed by atoms with E-state index in [1.165, 1.54) is 6.92 Å². The second-order valence-electron chi connectivity index (χ2n) is 3.76. The zero-order chi connectivity index (χ0) is 12.3. The molecule has 0 radical (unpaired) electrons. The van der Waals surface area contributed by atoms with Crippen molar-refractivity contribution in [3.63, 3.8) is 0 Å². The van der Waals surface area contributed by atoms with Crippen molar-refractivity contribution in [1.29, 1.82) is 0 Å². The molecule has 7 heteroatoms. The minimum absolute atomic E-state index is 0.0310. The number of nitrogens with one attached hydrogen (secondary N) is 1. The minimum Gasteiger partial charge on any atom is -0.353 e. The highest BCUT2D eigenvalue weighted by atomic mass is 19.4. The van der Waals surface area contributed by atoms with Crippen molar-refractivity contribution in [3.8, 4) is 0 Å². The molecule has 0 aromatic rings. The summed E-state index contributed by atoms with van der Waals surface area (Å²) in [6.07, 6.45) is -4.08. The Hall–Kier alpha value is -1.27. The van der Waals surface area contributed by atoms with Gasteiger partial charge in [-0.2, -0.15) is 13.2 Å². The number of amides is 2. The molecule has 0 aliphatic carbocycles. The van der Waals surface area contributed by atoms with Crippen LogP contribution in [0.25, 0.3) is 0 Å². The summed E-state index contributed by atoms with van der Waals surface area (Å²) in [5, 5.41) is 2.62. The molecule has 0 aromatic carbocycles. The number of halogens is 3. The zero-order valence-corrected chi connectivity index (χ0v) is 8.80. The lowest BCUT2D eigenvalue weighted by molar-refractivity contribution is -0.186. The number of carbonyl (C=O) groups excluding carboxylic acids is 2. The summed E-state index contributed by atoms with van der Waals surface area (Å²) < 4.78 is 36.2. The Morgan fingerprint density at radius 2 is 1.75 bits per heavy atom. The lowest BCUT2D eigenvalue weighted by Crippen LogP contribution is -2.49. The highest BCUT2D eigenvalue weighted by molar-refractivity contribution is 5.82. The monoisotopic (exact) mass is 238 g/mol. The number of alkyl halides is 3. The molecule has 1 aliphatic heterocycles. The Morgan fingerprint density at radius 3 is 2.12 bits per heavy atom. The summed E-state index contributed by atoms with van der Waals surface area (Å²) in [6.45, 7) is 1.42. The molecular formula is C9H13F3N2O2. The van der Waals surface area contributed by atoms with Crippen molar-refractivity contribution in [2.45, 2.75) is 32.0 Å². The molecule has 2 amide bonds. The first-order valence-electron chi connectivity index (χ1n) is 4.94. The van der Waals surface area contributed by atoms with Gasteiger partial charge in [0.1, 0.15) is 0 Å². The molecule has 16 heavy (non-hydrogen) atoms. The van der Waals surface area contributed by atoms with Crippen LogP contribution < -0.4 is 5.32 Å². The van der Waals surface area contributed by atoms with E-state index in [-0.39, 0.29) is 25.0 Å². The Labute approximate surface area is 90.8 Å². The van der Waals surface area contributed by atoms with Crippen LogP contribution in [0.3, 0.4) is 0 Å². The average molecular weight is 238 g/mol. The lowest BCUT2D eigenvalue weighted by Gasteiger charge is -2.32. The van der Waals surface area contributed by atoms with Crippen LogP contribution in [0.5, 0.6) is 0 Å². The number of hydrogen-bond donors (Lipinski definition) is 1. The predicted octanol–water partition coefficient (Wildman–Crippen LogP) is 0.676. The van der Waals surface area contributed by atoms with E-state index in [9.17, 15) is 22.8 Å². The van der Waals surface area contributed by atoms with E-state index in [0.717, 1.165) is 4.90 Å². The number of nitrogens with zero attached hydrogens (tertiary/aromatic N) is 1. The molecule has 0 unspecified atom stereocenters. The van der Waals surface area contributed by atoms with E-state index in [4.69, 9.17) is 0 Å². The SMILES string of the molecule is CC(=O)NC1CCN(C(=O)C(F)(F)F)CC1. The van der Waals surface area contributed by atoms with Crippen molar-refractivity contribution in [2.24, 2.45) is 0 Å². The molecule has 0 spiro atoms. The average Bonchev–Trinajstić information content (AvgIpc) is 2.15. The topological polar surface area (TPSA) is 49.4 Å².